The fourth-order valence-electron chi connectivity index (χ4n) is 7.48. The summed E-state index contributed by atoms with van der Waals surface area (Å²) in [7, 11) is -9.10. The maximum absolute atomic E-state index is 12.2. The Kier molecular flexibility index (Phi) is 7.87. The summed E-state index contributed by atoms with van der Waals surface area (Å²) in [4.78, 5) is 25.3. The number of carboxylic acid groups (broad SMARTS) is 2. The lowest BCUT2D eigenvalue weighted by Gasteiger charge is -2.26. The Bertz CT molecular complexity index is 2460. The van der Waals surface area contributed by atoms with Gasteiger partial charge in [-0.25, -0.2) is 4.79 Å². The molecule has 0 atom stereocenters. The highest BCUT2D eigenvalue weighted by molar-refractivity contribution is 7.86. The van der Waals surface area contributed by atoms with Gasteiger partial charge in [-0.1, -0.05) is 50.3 Å². The minimum absolute atomic E-state index is 0.264. The van der Waals surface area contributed by atoms with Gasteiger partial charge < -0.3 is 15.1 Å². The lowest BCUT2D eigenvalue weighted by Crippen LogP contribution is -2.31. The summed E-state index contributed by atoms with van der Waals surface area (Å²) < 4.78 is 70.1. The predicted molar refractivity (Wildman–Crippen MR) is 183 cm³/mol. The summed E-state index contributed by atoms with van der Waals surface area (Å²) in [6, 6.07) is 15.4. The van der Waals surface area contributed by atoms with Crippen LogP contribution in [0.15, 0.2) is 94.4 Å². The maximum Gasteiger partial charge on any atom is 0.370 e. The van der Waals surface area contributed by atoms with Crippen molar-refractivity contribution >= 4 is 70.8 Å². The van der Waals surface area contributed by atoms with Crippen LogP contribution in [0, 0.1) is 0 Å². The Hall–Kier alpha value is -4.89. The van der Waals surface area contributed by atoms with E-state index in [1.807, 2.05) is 27.7 Å². The second-order valence-electron chi connectivity index (χ2n) is 13.1. The fourth-order valence-corrected chi connectivity index (χ4v) is 8.89. The first-order valence-corrected chi connectivity index (χ1v) is 18.0. The highest BCUT2D eigenvalue weighted by atomic mass is 32.2. The van der Waals surface area contributed by atoms with Crippen LogP contribution in [-0.2, 0) is 40.7 Å². The molecule has 0 aromatic heterocycles. The maximum atomic E-state index is 12.2. The van der Waals surface area contributed by atoms with Gasteiger partial charge in [0.15, 0.2) is 5.71 Å². The van der Waals surface area contributed by atoms with Crippen molar-refractivity contribution < 1.29 is 50.3 Å². The molecule has 0 radical (unpaired) electrons. The number of nitrogens with zero attached hydrogens (tertiary/aromatic N) is 2. The monoisotopic (exact) mass is 705 g/mol. The molecule has 0 aliphatic carbocycles. The molecular weight excluding hydrogens is 673 g/mol. The van der Waals surface area contributed by atoms with Gasteiger partial charge in [-0.05, 0) is 60.5 Å². The minimum atomic E-state index is -4.55. The standard InChI is InChI=1S/C35H32N2O10S2/c1-34(2)28(36(18-30(38)39)24-16-14-20-22(32(24)34)8-5-10-26(20)48(42,43)44)12-7-13-29-35(3,4)33-23-9-6-11-27(49(45,46)47)21(23)15-17-25(33)37(29)19-31(40)41/h5-17H,18-19H2,1-4H3,(H3-,38,39,40,41,42,43,44,45,46,47)/p+1. The van der Waals surface area contributed by atoms with Crippen molar-refractivity contribution in [3.05, 3.63) is 95.7 Å². The van der Waals surface area contributed by atoms with Crippen molar-refractivity contribution in [1.29, 1.82) is 0 Å². The first-order valence-electron chi connectivity index (χ1n) is 15.1. The number of carbonyl (C=O) groups is 2. The van der Waals surface area contributed by atoms with E-state index < -0.39 is 56.1 Å². The Balaban J connectivity index is 1.52. The highest BCUT2D eigenvalue weighted by Gasteiger charge is 2.47. The number of allylic oxidation sites excluding steroid dienone is 4. The molecule has 0 bridgehead atoms. The van der Waals surface area contributed by atoms with Gasteiger partial charge in [0.1, 0.15) is 16.3 Å². The lowest BCUT2D eigenvalue weighted by molar-refractivity contribution is -0.427. The van der Waals surface area contributed by atoms with Gasteiger partial charge >= 0.3 is 11.9 Å². The first kappa shape index (κ1) is 34.0. The van der Waals surface area contributed by atoms with E-state index in [1.54, 1.807) is 52.0 Å². The zero-order valence-electron chi connectivity index (χ0n) is 26.9. The van der Waals surface area contributed by atoms with E-state index in [9.17, 15) is 45.7 Å². The van der Waals surface area contributed by atoms with Crippen LogP contribution in [0.2, 0.25) is 0 Å². The molecule has 0 saturated carbocycles. The third-order valence-electron chi connectivity index (χ3n) is 9.34. The summed E-state index contributed by atoms with van der Waals surface area (Å²) in [5.41, 5.74) is 1.91. The summed E-state index contributed by atoms with van der Waals surface area (Å²) in [5, 5.41) is 21.4. The molecule has 0 spiro atoms. The average molecular weight is 706 g/mol. The minimum Gasteiger partial charge on any atom is -0.480 e. The number of aliphatic carboxylic acids is 2. The molecule has 4 N–H and O–H groups in total. The van der Waals surface area contributed by atoms with Crippen LogP contribution in [0.25, 0.3) is 21.5 Å². The van der Waals surface area contributed by atoms with Crippen molar-refractivity contribution in [2.24, 2.45) is 0 Å². The van der Waals surface area contributed by atoms with E-state index in [0.29, 0.717) is 55.5 Å². The molecule has 0 amide bonds. The van der Waals surface area contributed by atoms with E-state index in [1.165, 1.54) is 36.4 Å². The van der Waals surface area contributed by atoms with Crippen LogP contribution in [-0.4, -0.2) is 71.5 Å². The summed E-state index contributed by atoms with van der Waals surface area (Å²) in [5.74, 6) is -2.20. The first-order chi connectivity index (χ1) is 22.8. The Morgan fingerprint density at radius 2 is 1.29 bits per heavy atom. The molecular formula is C35H33N2O10S2+. The number of carboxylic acids is 2. The number of hydrogen-bond donors (Lipinski definition) is 4. The molecule has 12 nitrogen and oxygen atoms in total. The van der Waals surface area contributed by atoms with Gasteiger partial charge in [-0.3, -0.25) is 13.9 Å². The topological polar surface area (TPSA) is 190 Å². The third kappa shape index (κ3) is 5.50. The van der Waals surface area contributed by atoms with E-state index >= 15 is 0 Å². The largest absolute Gasteiger partial charge is 0.480 e. The van der Waals surface area contributed by atoms with Crippen LogP contribution in [0.4, 0.5) is 11.4 Å². The molecule has 2 aliphatic heterocycles. The molecule has 0 saturated heterocycles. The van der Waals surface area contributed by atoms with Crippen LogP contribution in [0.1, 0.15) is 38.8 Å². The quantitative estimate of drug-likeness (QED) is 0.138. The molecule has 14 heteroatoms. The number of benzene rings is 4. The molecule has 254 valence electrons. The zero-order valence-corrected chi connectivity index (χ0v) is 28.5. The molecule has 0 fully saturated rings. The smallest absolute Gasteiger partial charge is 0.370 e. The fraction of sp³-hybridized carbons (Fsp3) is 0.229. The molecule has 49 heavy (non-hydrogen) atoms. The van der Waals surface area contributed by atoms with Gasteiger partial charge in [0, 0.05) is 45.3 Å². The van der Waals surface area contributed by atoms with Crippen molar-refractivity contribution in [2.45, 2.75) is 48.3 Å². The number of anilines is 1. The van der Waals surface area contributed by atoms with E-state index in [-0.39, 0.29) is 9.79 Å². The van der Waals surface area contributed by atoms with Crippen LogP contribution in [0.5, 0.6) is 0 Å². The lowest BCUT2D eigenvalue weighted by atomic mass is 9.79. The molecule has 2 aliphatic rings. The van der Waals surface area contributed by atoms with E-state index in [2.05, 4.69) is 0 Å². The highest BCUT2D eigenvalue weighted by Crippen LogP contribution is 2.51. The van der Waals surface area contributed by atoms with Gasteiger partial charge in [0.05, 0.1) is 5.41 Å². The van der Waals surface area contributed by atoms with Gasteiger partial charge in [0.2, 0.25) is 12.2 Å². The molecule has 4 aromatic rings. The Labute approximate surface area is 282 Å². The van der Waals surface area contributed by atoms with Gasteiger partial charge in [-0.2, -0.15) is 21.4 Å². The zero-order chi connectivity index (χ0) is 35.8. The second kappa shape index (κ2) is 11.3. The Morgan fingerprint density at radius 3 is 1.82 bits per heavy atom. The van der Waals surface area contributed by atoms with Crippen molar-refractivity contribution in [2.75, 3.05) is 18.0 Å². The van der Waals surface area contributed by atoms with Crippen LogP contribution >= 0.6 is 0 Å². The summed E-state index contributed by atoms with van der Waals surface area (Å²) in [6.45, 7) is 6.72. The number of hydrogen-bond acceptors (Lipinski definition) is 7. The van der Waals surface area contributed by atoms with Crippen LogP contribution < -0.4 is 4.90 Å². The molecule has 0 unspecified atom stereocenters. The average Bonchev–Trinajstić information content (AvgIpc) is 3.33. The van der Waals surface area contributed by atoms with Crippen molar-refractivity contribution in [3.63, 3.8) is 0 Å². The van der Waals surface area contributed by atoms with Gasteiger partial charge in [0.25, 0.3) is 20.2 Å². The normalized spacial score (nSPS) is 17.8. The summed E-state index contributed by atoms with van der Waals surface area (Å²) >= 11 is 0. The van der Waals surface area contributed by atoms with Crippen LogP contribution in [0.3, 0.4) is 0 Å². The number of fused-ring (bicyclic) bond motifs is 6. The third-order valence-corrected chi connectivity index (χ3v) is 11.2. The molecule has 6 rings (SSSR count). The molecule has 2 heterocycles. The number of rotatable bonds is 8. The van der Waals surface area contributed by atoms with E-state index in [4.69, 9.17) is 0 Å². The molecule has 4 aromatic carbocycles. The predicted octanol–water partition coefficient (Wildman–Crippen LogP) is 5.27. The van der Waals surface area contributed by atoms with Gasteiger partial charge in [-0.15, -0.1) is 0 Å². The summed E-state index contributed by atoms with van der Waals surface area (Å²) in [6.07, 6.45) is 5.18. The SMILES string of the molecule is CC1(C)C(/C=C/C=C2/N(CC(=O)O)c3ccc4c(S(=O)(=O)O)cccc4c3C2(C)C)=[N+](CC(=O)O)c2ccc3c(S(=O)(=O)O)cccc3c21. The Morgan fingerprint density at radius 1 is 0.735 bits per heavy atom. The second-order valence-corrected chi connectivity index (χ2v) is 15.9. The van der Waals surface area contributed by atoms with Crippen molar-refractivity contribution in [3.8, 4) is 0 Å². The van der Waals surface area contributed by atoms with E-state index in [0.717, 1.165) is 0 Å². The van der Waals surface area contributed by atoms with Crippen molar-refractivity contribution in [1.82, 2.24) is 0 Å².